The summed E-state index contributed by atoms with van der Waals surface area (Å²) in [5.74, 6) is -0.585. The van der Waals surface area contributed by atoms with Crippen LogP contribution in [0.2, 0.25) is 0 Å². The van der Waals surface area contributed by atoms with Crippen molar-refractivity contribution in [3.63, 3.8) is 0 Å². The molecule has 90 valence electrons. The molecule has 0 amide bonds. The topological polar surface area (TPSA) is 60.2 Å². The maximum atomic E-state index is 13.0. The fraction of sp³-hybridized carbons (Fsp3) is 0.455. The van der Waals surface area contributed by atoms with Crippen molar-refractivity contribution in [3.05, 3.63) is 24.0 Å². The average molecular weight is 245 g/mol. The zero-order valence-corrected chi connectivity index (χ0v) is 10.2. The van der Waals surface area contributed by atoms with Crippen LogP contribution in [0.25, 0.3) is 0 Å². The molecule has 0 heterocycles. The Labute approximate surface area is 95.4 Å². The van der Waals surface area contributed by atoms with Crippen LogP contribution in [0.4, 0.5) is 10.1 Å². The summed E-state index contributed by atoms with van der Waals surface area (Å²) in [4.78, 5) is -0.0961. The third-order valence-electron chi connectivity index (χ3n) is 2.63. The Bertz CT molecular complexity index is 467. The number of nitrogen functional groups attached to an aromatic ring is 1. The maximum absolute atomic E-state index is 13.0. The van der Waals surface area contributed by atoms with E-state index in [2.05, 4.69) is 0 Å². The second-order valence-corrected chi connectivity index (χ2v) is 5.86. The molecule has 0 aliphatic heterocycles. The molecule has 2 N–H and O–H groups in total. The van der Waals surface area contributed by atoms with E-state index < -0.39 is 20.9 Å². The standard InChI is InChI=1S/C11H16FNO2S/c1-3-9(4-2)16(14,15)11-7-8(12)5-6-10(11)13/h5-7,9H,3-4,13H2,1-2H3. The second-order valence-electron chi connectivity index (χ2n) is 3.67. The number of hydrogen-bond acceptors (Lipinski definition) is 3. The van der Waals surface area contributed by atoms with Crippen LogP contribution >= 0.6 is 0 Å². The van der Waals surface area contributed by atoms with Crippen LogP contribution in [-0.4, -0.2) is 13.7 Å². The van der Waals surface area contributed by atoms with Gasteiger partial charge in [0.15, 0.2) is 9.84 Å². The molecule has 0 aliphatic rings. The minimum Gasteiger partial charge on any atom is -0.398 e. The quantitative estimate of drug-likeness (QED) is 0.828. The van der Waals surface area contributed by atoms with Gasteiger partial charge in [0, 0.05) is 0 Å². The van der Waals surface area contributed by atoms with Crippen molar-refractivity contribution in [2.45, 2.75) is 36.8 Å². The first-order chi connectivity index (χ1) is 7.43. The molecule has 0 aliphatic carbocycles. The Morgan fingerprint density at radius 1 is 1.31 bits per heavy atom. The lowest BCUT2D eigenvalue weighted by molar-refractivity contribution is 0.569. The van der Waals surface area contributed by atoms with Gasteiger partial charge in [-0.25, -0.2) is 12.8 Å². The fourth-order valence-electron chi connectivity index (χ4n) is 1.66. The van der Waals surface area contributed by atoms with Crippen LogP contribution in [0.5, 0.6) is 0 Å². The normalized spacial score (nSPS) is 12.0. The Morgan fingerprint density at radius 3 is 2.38 bits per heavy atom. The van der Waals surface area contributed by atoms with Crippen LogP contribution in [0.1, 0.15) is 26.7 Å². The Hall–Kier alpha value is -1.10. The number of halogens is 1. The van der Waals surface area contributed by atoms with E-state index in [0.29, 0.717) is 12.8 Å². The lowest BCUT2D eigenvalue weighted by Crippen LogP contribution is -2.21. The molecule has 0 unspecified atom stereocenters. The van der Waals surface area contributed by atoms with Gasteiger partial charge in [0.2, 0.25) is 0 Å². The van der Waals surface area contributed by atoms with Crippen molar-refractivity contribution in [2.75, 3.05) is 5.73 Å². The smallest absolute Gasteiger partial charge is 0.183 e. The van der Waals surface area contributed by atoms with Crippen LogP contribution in [0.3, 0.4) is 0 Å². The molecule has 1 aromatic rings. The van der Waals surface area contributed by atoms with Gasteiger partial charge in [0.05, 0.1) is 15.8 Å². The summed E-state index contributed by atoms with van der Waals surface area (Å²) in [6.07, 6.45) is 0.990. The number of sulfone groups is 1. The predicted molar refractivity (Wildman–Crippen MR) is 62.4 cm³/mol. The molecule has 0 saturated heterocycles. The maximum Gasteiger partial charge on any atom is 0.183 e. The van der Waals surface area contributed by atoms with Gasteiger partial charge in [0.1, 0.15) is 5.82 Å². The highest BCUT2D eigenvalue weighted by molar-refractivity contribution is 7.92. The Balaban J connectivity index is 3.31. The molecule has 0 atom stereocenters. The van der Waals surface area contributed by atoms with Crippen molar-refractivity contribution in [1.82, 2.24) is 0 Å². The molecule has 0 spiro atoms. The van der Waals surface area contributed by atoms with Crippen LogP contribution in [0, 0.1) is 5.82 Å². The molecule has 5 heteroatoms. The van der Waals surface area contributed by atoms with Crippen LogP contribution < -0.4 is 5.73 Å². The van der Waals surface area contributed by atoms with E-state index in [1.165, 1.54) is 6.07 Å². The van der Waals surface area contributed by atoms with Crippen LogP contribution in [-0.2, 0) is 9.84 Å². The lowest BCUT2D eigenvalue weighted by Gasteiger charge is -2.15. The van der Waals surface area contributed by atoms with E-state index in [0.717, 1.165) is 12.1 Å². The average Bonchev–Trinajstić information content (AvgIpc) is 2.23. The van der Waals surface area contributed by atoms with E-state index in [9.17, 15) is 12.8 Å². The van der Waals surface area contributed by atoms with Gasteiger partial charge >= 0.3 is 0 Å². The first kappa shape index (κ1) is 13.0. The fourth-order valence-corrected chi connectivity index (χ4v) is 3.57. The first-order valence-electron chi connectivity index (χ1n) is 5.22. The van der Waals surface area contributed by atoms with Gasteiger partial charge in [-0.05, 0) is 31.0 Å². The molecule has 0 saturated carbocycles. The SMILES string of the molecule is CCC(CC)S(=O)(=O)c1cc(F)ccc1N. The second kappa shape index (κ2) is 4.82. The van der Waals surface area contributed by atoms with Crippen molar-refractivity contribution in [3.8, 4) is 0 Å². The van der Waals surface area contributed by atoms with Crippen molar-refractivity contribution in [1.29, 1.82) is 0 Å². The van der Waals surface area contributed by atoms with Gasteiger partial charge in [-0.1, -0.05) is 13.8 Å². The molecule has 0 aromatic heterocycles. The number of nitrogens with two attached hydrogens (primary N) is 1. The monoisotopic (exact) mass is 245 g/mol. The summed E-state index contributed by atoms with van der Waals surface area (Å²) >= 11 is 0. The van der Waals surface area contributed by atoms with Crippen molar-refractivity contribution < 1.29 is 12.8 Å². The molecular weight excluding hydrogens is 229 g/mol. The molecular formula is C11H16FNO2S. The number of rotatable bonds is 4. The molecule has 1 rings (SSSR count). The van der Waals surface area contributed by atoms with E-state index in [-0.39, 0.29) is 10.6 Å². The van der Waals surface area contributed by atoms with Gasteiger partial charge in [-0.2, -0.15) is 0 Å². The van der Waals surface area contributed by atoms with E-state index in [1.807, 2.05) is 0 Å². The third-order valence-corrected chi connectivity index (χ3v) is 5.14. The zero-order chi connectivity index (χ0) is 12.3. The molecule has 0 bridgehead atoms. The van der Waals surface area contributed by atoms with E-state index >= 15 is 0 Å². The largest absolute Gasteiger partial charge is 0.398 e. The van der Waals surface area contributed by atoms with Gasteiger partial charge in [-0.15, -0.1) is 0 Å². The van der Waals surface area contributed by atoms with Gasteiger partial charge in [-0.3, -0.25) is 0 Å². The molecule has 16 heavy (non-hydrogen) atoms. The highest BCUT2D eigenvalue weighted by Crippen LogP contribution is 2.26. The Morgan fingerprint density at radius 2 is 1.88 bits per heavy atom. The highest BCUT2D eigenvalue weighted by atomic mass is 32.2. The lowest BCUT2D eigenvalue weighted by atomic mass is 10.3. The van der Waals surface area contributed by atoms with Gasteiger partial charge in [0.25, 0.3) is 0 Å². The summed E-state index contributed by atoms with van der Waals surface area (Å²) in [6.45, 7) is 3.59. The highest BCUT2D eigenvalue weighted by Gasteiger charge is 2.26. The molecule has 0 radical (unpaired) electrons. The molecule has 3 nitrogen and oxygen atoms in total. The van der Waals surface area contributed by atoms with Crippen molar-refractivity contribution in [2.24, 2.45) is 0 Å². The minimum atomic E-state index is -3.52. The van der Waals surface area contributed by atoms with E-state index in [4.69, 9.17) is 5.73 Å². The number of benzene rings is 1. The summed E-state index contributed by atoms with van der Waals surface area (Å²) in [5, 5.41) is -0.503. The zero-order valence-electron chi connectivity index (χ0n) is 9.40. The summed E-state index contributed by atoms with van der Waals surface area (Å²) in [7, 11) is -3.52. The number of hydrogen-bond donors (Lipinski definition) is 1. The summed E-state index contributed by atoms with van der Waals surface area (Å²) < 4.78 is 37.3. The Kier molecular flexibility index (Phi) is 3.91. The molecule has 0 fully saturated rings. The minimum absolute atomic E-state index is 0.0961. The van der Waals surface area contributed by atoms with Crippen molar-refractivity contribution >= 4 is 15.5 Å². The third kappa shape index (κ3) is 2.35. The number of anilines is 1. The first-order valence-corrected chi connectivity index (χ1v) is 6.77. The van der Waals surface area contributed by atoms with E-state index in [1.54, 1.807) is 13.8 Å². The molecule has 1 aromatic carbocycles. The van der Waals surface area contributed by atoms with Gasteiger partial charge < -0.3 is 5.73 Å². The summed E-state index contributed by atoms with van der Waals surface area (Å²) in [5.41, 5.74) is 5.68. The summed E-state index contributed by atoms with van der Waals surface area (Å²) in [6, 6.07) is 3.43. The predicted octanol–water partition coefficient (Wildman–Crippen LogP) is 2.37. The van der Waals surface area contributed by atoms with Crippen LogP contribution in [0.15, 0.2) is 23.1 Å².